The van der Waals surface area contributed by atoms with Gasteiger partial charge in [-0.05, 0) is 13.8 Å². The molecule has 0 aliphatic rings. The molecule has 172 valence electrons. The molecule has 0 saturated carbocycles. The fourth-order valence-corrected chi connectivity index (χ4v) is 2.89. The number of hydrogen-bond donors (Lipinski definition) is 0. The molecule has 7 heteroatoms. The summed E-state index contributed by atoms with van der Waals surface area (Å²) in [5.41, 5.74) is 5.30. The molecular formula is C26H28N2O4S. The van der Waals surface area contributed by atoms with Gasteiger partial charge in [0.25, 0.3) is 0 Å². The molecule has 0 radical (unpaired) electrons. The van der Waals surface area contributed by atoms with Crippen LogP contribution in [-0.4, -0.2) is 17.5 Å². The number of pyridine rings is 2. The highest BCUT2D eigenvalue weighted by atomic mass is 32.3. The van der Waals surface area contributed by atoms with Gasteiger partial charge in [-0.25, -0.2) is 9.13 Å². The van der Waals surface area contributed by atoms with Gasteiger partial charge in [-0.2, -0.15) is 0 Å². The smallest absolute Gasteiger partial charge is 0.173 e. The van der Waals surface area contributed by atoms with E-state index < -0.39 is 10.4 Å². The molecule has 0 aliphatic carbocycles. The van der Waals surface area contributed by atoms with Gasteiger partial charge in [0.1, 0.15) is 0 Å². The van der Waals surface area contributed by atoms with Gasteiger partial charge in [-0.15, -0.1) is 0 Å². The van der Waals surface area contributed by atoms with Crippen LogP contribution in [-0.2, 0) is 23.5 Å². The van der Waals surface area contributed by atoms with E-state index in [2.05, 4.69) is 96.3 Å². The largest absolute Gasteiger partial charge is 0.759 e. The van der Waals surface area contributed by atoms with Crippen molar-refractivity contribution in [3.05, 3.63) is 132 Å². The first-order valence-corrected chi connectivity index (χ1v) is 11.7. The van der Waals surface area contributed by atoms with Crippen molar-refractivity contribution in [3.8, 4) is 0 Å². The van der Waals surface area contributed by atoms with Crippen LogP contribution in [0.4, 0.5) is 0 Å². The monoisotopic (exact) mass is 464 g/mol. The molecule has 0 amide bonds. The highest BCUT2D eigenvalue weighted by Gasteiger charge is 2.00. The van der Waals surface area contributed by atoms with E-state index in [9.17, 15) is 0 Å². The highest BCUT2D eigenvalue weighted by molar-refractivity contribution is 7.79. The first-order valence-electron chi connectivity index (χ1n) is 10.3. The number of rotatable bonds is 4. The number of nitrogens with zero attached hydrogens (tertiary/aromatic N) is 2. The van der Waals surface area contributed by atoms with Crippen molar-refractivity contribution in [2.45, 2.75) is 26.9 Å². The van der Waals surface area contributed by atoms with Gasteiger partial charge >= 0.3 is 0 Å². The van der Waals surface area contributed by atoms with E-state index in [0.29, 0.717) is 0 Å². The lowest BCUT2D eigenvalue weighted by atomic mass is 10.1. The highest BCUT2D eigenvalue weighted by Crippen LogP contribution is 2.03. The second kappa shape index (κ2) is 13.2. The summed E-state index contributed by atoms with van der Waals surface area (Å²) in [6.45, 7) is 6.11. The summed E-state index contributed by atoms with van der Waals surface area (Å²) >= 11 is 0. The van der Waals surface area contributed by atoms with Gasteiger partial charge in [0, 0.05) is 45.8 Å². The minimum absolute atomic E-state index is 0.946. The van der Waals surface area contributed by atoms with Crippen molar-refractivity contribution in [1.29, 1.82) is 0 Å². The van der Waals surface area contributed by atoms with Crippen LogP contribution < -0.4 is 9.13 Å². The van der Waals surface area contributed by atoms with Crippen molar-refractivity contribution < 1.29 is 26.7 Å². The van der Waals surface area contributed by atoms with Crippen LogP contribution in [0, 0.1) is 13.8 Å². The Kier molecular flexibility index (Phi) is 10.4. The zero-order valence-electron chi connectivity index (χ0n) is 18.7. The van der Waals surface area contributed by atoms with E-state index in [0.717, 1.165) is 13.1 Å². The summed E-state index contributed by atoms with van der Waals surface area (Å²) < 4.78 is 38.4. The SMILES string of the molecule is Cc1ccc(C[n+]2ccccc2)cc1.Cc1ccc(C[n+]2ccccc2)cc1.O=S(=O)([O-])[O-]. The van der Waals surface area contributed by atoms with Gasteiger partial charge in [0.15, 0.2) is 37.9 Å². The van der Waals surface area contributed by atoms with Crippen molar-refractivity contribution in [1.82, 2.24) is 0 Å². The van der Waals surface area contributed by atoms with E-state index in [4.69, 9.17) is 17.5 Å². The fraction of sp³-hybridized carbons (Fsp3) is 0.154. The Balaban J connectivity index is 0.000000195. The van der Waals surface area contributed by atoms with Gasteiger partial charge in [0.05, 0.1) is 0 Å². The summed E-state index contributed by atoms with van der Waals surface area (Å²) in [5.74, 6) is 0. The Labute approximate surface area is 196 Å². The molecule has 6 nitrogen and oxygen atoms in total. The third-order valence-electron chi connectivity index (χ3n) is 4.53. The normalized spacial score (nSPS) is 10.3. The Morgan fingerprint density at radius 3 is 1.12 bits per heavy atom. The molecule has 0 atom stereocenters. The maximum atomic E-state index is 8.52. The topological polar surface area (TPSA) is 88.0 Å². The maximum absolute atomic E-state index is 8.52. The Bertz CT molecular complexity index is 1090. The Morgan fingerprint density at radius 1 is 0.576 bits per heavy atom. The average molecular weight is 465 g/mol. The second-order valence-electron chi connectivity index (χ2n) is 7.48. The lowest BCUT2D eigenvalue weighted by Crippen LogP contribution is -2.32. The molecule has 2 aromatic carbocycles. The third-order valence-corrected chi connectivity index (χ3v) is 4.53. The van der Waals surface area contributed by atoms with Crippen LogP contribution in [0.25, 0.3) is 0 Å². The summed E-state index contributed by atoms with van der Waals surface area (Å²) in [7, 11) is -5.17. The molecule has 0 N–H and O–H groups in total. The molecule has 0 fully saturated rings. The summed E-state index contributed by atoms with van der Waals surface area (Å²) in [6, 6.07) is 29.6. The molecule has 0 unspecified atom stereocenters. The standard InChI is InChI=1S/2C13H14N.H2O4S/c2*1-12-5-7-13(8-6-12)11-14-9-3-2-4-10-14;1-5(2,3)4/h2*2-10H,11H2,1H3;(H2,1,2,3,4)/q2*+1;/p-2. The zero-order valence-corrected chi connectivity index (χ0v) is 19.6. The predicted octanol–water partition coefficient (Wildman–Crippen LogP) is 3.32. The minimum atomic E-state index is -5.17. The summed E-state index contributed by atoms with van der Waals surface area (Å²) in [6.07, 6.45) is 8.33. The van der Waals surface area contributed by atoms with E-state index in [1.54, 1.807) is 0 Å². The van der Waals surface area contributed by atoms with Gasteiger partial charge in [-0.3, -0.25) is 8.42 Å². The minimum Gasteiger partial charge on any atom is -0.759 e. The lowest BCUT2D eigenvalue weighted by Gasteiger charge is -2.06. The van der Waals surface area contributed by atoms with Gasteiger partial charge in [-0.1, -0.05) is 71.8 Å². The quantitative estimate of drug-likeness (QED) is 0.263. The molecule has 0 aliphatic heterocycles. The van der Waals surface area contributed by atoms with Crippen molar-refractivity contribution in [2.75, 3.05) is 0 Å². The van der Waals surface area contributed by atoms with Gasteiger partial charge in [0.2, 0.25) is 0 Å². The second-order valence-corrected chi connectivity index (χ2v) is 8.29. The summed E-state index contributed by atoms with van der Waals surface area (Å²) in [5, 5.41) is 0. The predicted molar refractivity (Wildman–Crippen MR) is 124 cm³/mol. The summed E-state index contributed by atoms with van der Waals surface area (Å²) in [4.78, 5) is 0. The molecule has 0 bridgehead atoms. The van der Waals surface area contributed by atoms with Crippen LogP contribution in [0.3, 0.4) is 0 Å². The first kappa shape index (κ1) is 25.9. The molecule has 2 heterocycles. The number of aromatic nitrogens is 2. The molecule has 0 spiro atoms. The molecular weight excluding hydrogens is 436 g/mol. The first-order chi connectivity index (χ1) is 15.7. The molecule has 33 heavy (non-hydrogen) atoms. The molecule has 2 aromatic heterocycles. The van der Waals surface area contributed by atoms with Crippen LogP contribution >= 0.6 is 0 Å². The molecule has 0 saturated heterocycles. The number of benzene rings is 2. The third kappa shape index (κ3) is 12.3. The molecule has 4 aromatic rings. The number of hydrogen-bond acceptors (Lipinski definition) is 4. The van der Waals surface area contributed by atoms with Crippen molar-refractivity contribution >= 4 is 10.4 Å². The van der Waals surface area contributed by atoms with Crippen LogP contribution in [0.1, 0.15) is 22.3 Å². The Morgan fingerprint density at radius 2 is 0.848 bits per heavy atom. The molecule has 4 rings (SSSR count). The van der Waals surface area contributed by atoms with E-state index in [1.807, 2.05) is 36.4 Å². The van der Waals surface area contributed by atoms with E-state index in [1.165, 1.54) is 22.3 Å². The zero-order chi connectivity index (χ0) is 24.1. The van der Waals surface area contributed by atoms with Crippen LogP contribution in [0.5, 0.6) is 0 Å². The number of aryl methyl sites for hydroxylation is 2. The van der Waals surface area contributed by atoms with Crippen LogP contribution in [0.2, 0.25) is 0 Å². The Hall–Kier alpha value is -3.39. The van der Waals surface area contributed by atoms with E-state index in [-0.39, 0.29) is 0 Å². The van der Waals surface area contributed by atoms with E-state index >= 15 is 0 Å². The van der Waals surface area contributed by atoms with Crippen molar-refractivity contribution in [3.63, 3.8) is 0 Å². The van der Waals surface area contributed by atoms with Crippen LogP contribution in [0.15, 0.2) is 110 Å². The fourth-order valence-electron chi connectivity index (χ4n) is 2.89. The van der Waals surface area contributed by atoms with Gasteiger partial charge < -0.3 is 9.11 Å². The lowest BCUT2D eigenvalue weighted by molar-refractivity contribution is -0.688. The average Bonchev–Trinajstić information content (AvgIpc) is 2.78. The van der Waals surface area contributed by atoms with Crippen molar-refractivity contribution in [2.24, 2.45) is 0 Å². The maximum Gasteiger partial charge on any atom is 0.173 e.